The van der Waals surface area contributed by atoms with Gasteiger partial charge in [0, 0.05) is 37.2 Å². The highest BCUT2D eigenvalue weighted by Gasteiger charge is 2.18. The van der Waals surface area contributed by atoms with Crippen molar-refractivity contribution in [2.45, 2.75) is 20.8 Å². The van der Waals surface area contributed by atoms with Crippen LogP contribution in [0.4, 0.5) is 10.1 Å². The SMILES string of the molecule is CCN(CC)CCOc1cc2nccc(Oc3ccc(N(C(C)=O)C(N)=S)cc3F)c2cc1OC. The number of methoxy groups -OCH3 is 1. The molecular formula is C25H29FN4O4S. The van der Waals surface area contributed by atoms with Gasteiger partial charge < -0.3 is 24.8 Å². The lowest BCUT2D eigenvalue weighted by Gasteiger charge is -2.20. The van der Waals surface area contributed by atoms with Gasteiger partial charge in [0.15, 0.2) is 28.2 Å². The summed E-state index contributed by atoms with van der Waals surface area (Å²) >= 11 is 4.89. The van der Waals surface area contributed by atoms with E-state index in [2.05, 4.69) is 23.7 Å². The van der Waals surface area contributed by atoms with E-state index in [0.29, 0.717) is 34.8 Å². The number of hydrogen-bond acceptors (Lipinski definition) is 7. The van der Waals surface area contributed by atoms with E-state index in [4.69, 9.17) is 32.2 Å². The molecule has 0 aliphatic carbocycles. The number of pyridine rings is 1. The van der Waals surface area contributed by atoms with Gasteiger partial charge in [0.25, 0.3) is 0 Å². The number of thiocarbonyl (C=S) groups is 1. The Morgan fingerprint density at radius 1 is 1.09 bits per heavy atom. The Labute approximate surface area is 209 Å². The minimum absolute atomic E-state index is 0.0359. The Hall–Kier alpha value is -3.50. The number of ether oxygens (including phenoxy) is 3. The first-order chi connectivity index (χ1) is 16.8. The third kappa shape index (κ3) is 6.14. The minimum Gasteiger partial charge on any atom is -0.493 e. The van der Waals surface area contributed by atoms with Gasteiger partial charge in [-0.2, -0.15) is 0 Å². The number of aromatic nitrogens is 1. The quantitative estimate of drug-likeness (QED) is 0.407. The summed E-state index contributed by atoms with van der Waals surface area (Å²) in [5.74, 6) is 0.318. The topological polar surface area (TPSA) is 90.2 Å². The predicted molar refractivity (Wildman–Crippen MR) is 138 cm³/mol. The maximum absolute atomic E-state index is 14.9. The van der Waals surface area contributed by atoms with Gasteiger partial charge in [0.05, 0.1) is 18.3 Å². The lowest BCUT2D eigenvalue weighted by atomic mass is 10.1. The standard InChI is InChI=1S/C25H29FN4O4S/c1-5-29(6-2)11-12-33-24-15-20-18(14-23(24)32-4)21(9-10-28-20)34-22-8-7-17(13-19(22)26)30(16(3)31)25(27)35/h7-10,13-15H,5-6,11-12H2,1-4H3,(H2,27,35). The molecule has 8 nitrogen and oxygen atoms in total. The number of hydrogen-bond donors (Lipinski definition) is 1. The smallest absolute Gasteiger partial charge is 0.230 e. The second kappa shape index (κ2) is 11.8. The van der Waals surface area contributed by atoms with Gasteiger partial charge in [-0.3, -0.25) is 14.7 Å². The van der Waals surface area contributed by atoms with Crippen LogP contribution in [0.5, 0.6) is 23.0 Å². The van der Waals surface area contributed by atoms with Crippen molar-refractivity contribution in [3.63, 3.8) is 0 Å². The second-order valence-corrected chi connectivity index (χ2v) is 8.03. The monoisotopic (exact) mass is 500 g/mol. The van der Waals surface area contributed by atoms with Crippen LogP contribution in [0.15, 0.2) is 42.6 Å². The van der Waals surface area contributed by atoms with Crippen LogP contribution < -0.4 is 24.8 Å². The van der Waals surface area contributed by atoms with E-state index in [-0.39, 0.29) is 16.5 Å². The maximum atomic E-state index is 14.9. The summed E-state index contributed by atoms with van der Waals surface area (Å²) in [5, 5.41) is 0.449. The average molecular weight is 501 g/mol. The second-order valence-electron chi connectivity index (χ2n) is 7.61. The molecular weight excluding hydrogens is 471 g/mol. The van der Waals surface area contributed by atoms with Gasteiger partial charge in [-0.1, -0.05) is 13.8 Å². The Kier molecular flexibility index (Phi) is 8.78. The molecule has 0 spiro atoms. The van der Waals surface area contributed by atoms with Crippen LogP contribution in [0, 0.1) is 5.82 Å². The molecule has 0 saturated carbocycles. The van der Waals surface area contributed by atoms with Crippen molar-refractivity contribution in [3.8, 4) is 23.0 Å². The zero-order valence-electron chi connectivity index (χ0n) is 20.2. The van der Waals surface area contributed by atoms with E-state index in [1.54, 1.807) is 31.5 Å². The Bertz CT molecular complexity index is 1210. The molecule has 10 heteroatoms. The highest BCUT2D eigenvalue weighted by Crippen LogP contribution is 2.38. The number of carbonyl (C=O) groups is 1. The summed E-state index contributed by atoms with van der Waals surface area (Å²) in [6, 6.07) is 9.21. The maximum Gasteiger partial charge on any atom is 0.230 e. The zero-order chi connectivity index (χ0) is 25.5. The van der Waals surface area contributed by atoms with E-state index in [9.17, 15) is 9.18 Å². The summed E-state index contributed by atoms with van der Waals surface area (Å²) in [6.07, 6.45) is 1.57. The minimum atomic E-state index is -0.682. The molecule has 3 aromatic rings. The lowest BCUT2D eigenvalue weighted by Crippen LogP contribution is -2.39. The van der Waals surface area contributed by atoms with E-state index in [1.807, 2.05) is 0 Å². The number of carbonyl (C=O) groups excluding carboxylic acids is 1. The fraction of sp³-hybridized carbons (Fsp3) is 0.320. The zero-order valence-corrected chi connectivity index (χ0v) is 21.0. The van der Waals surface area contributed by atoms with Crippen molar-refractivity contribution in [3.05, 3.63) is 48.4 Å². The van der Waals surface area contributed by atoms with Crippen molar-refractivity contribution in [1.29, 1.82) is 0 Å². The van der Waals surface area contributed by atoms with E-state index in [1.165, 1.54) is 19.1 Å². The van der Waals surface area contributed by atoms with Crippen molar-refractivity contribution in [1.82, 2.24) is 9.88 Å². The molecule has 35 heavy (non-hydrogen) atoms. The van der Waals surface area contributed by atoms with E-state index < -0.39 is 11.7 Å². The molecule has 0 unspecified atom stereocenters. The number of anilines is 1. The van der Waals surface area contributed by atoms with Crippen LogP contribution in [0.2, 0.25) is 0 Å². The van der Waals surface area contributed by atoms with Crippen LogP contribution in [0.1, 0.15) is 20.8 Å². The van der Waals surface area contributed by atoms with Crippen molar-refractivity contribution in [2.24, 2.45) is 5.73 Å². The van der Waals surface area contributed by atoms with Gasteiger partial charge in [0.1, 0.15) is 12.4 Å². The molecule has 186 valence electrons. The molecule has 2 aromatic carbocycles. The largest absolute Gasteiger partial charge is 0.493 e. The molecule has 0 aliphatic heterocycles. The van der Waals surface area contributed by atoms with E-state index in [0.717, 1.165) is 30.6 Å². The highest BCUT2D eigenvalue weighted by molar-refractivity contribution is 7.80. The van der Waals surface area contributed by atoms with Gasteiger partial charge in [-0.15, -0.1) is 0 Å². The Morgan fingerprint density at radius 3 is 2.43 bits per heavy atom. The molecule has 0 atom stereocenters. The first-order valence-corrected chi connectivity index (χ1v) is 11.6. The molecule has 2 N–H and O–H groups in total. The third-order valence-electron chi connectivity index (χ3n) is 5.48. The Balaban J connectivity index is 1.88. The summed E-state index contributed by atoms with van der Waals surface area (Å²) in [6.45, 7) is 8.68. The first-order valence-electron chi connectivity index (χ1n) is 11.2. The molecule has 3 rings (SSSR count). The molecule has 0 fully saturated rings. The molecule has 1 heterocycles. The normalized spacial score (nSPS) is 10.9. The average Bonchev–Trinajstić information content (AvgIpc) is 2.82. The summed E-state index contributed by atoms with van der Waals surface area (Å²) < 4.78 is 32.2. The van der Waals surface area contributed by atoms with Gasteiger partial charge >= 0.3 is 0 Å². The van der Waals surface area contributed by atoms with Gasteiger partial charge in [0.2, 0.25) is 5.91 Å². The van der Waals surface area contributed by atoms with Crippen molar-refractivity contribution in [2.75, 3.05) is 38.3 Å². The number of nitrogens with zero attached hydrogens (tertiary/aromatic N) is 3. The number of benzene rings is 2. The van der Waals surface area contributed by atoms with Crippen LogP contribution >= 0.6 is 12.2 Å². The fourth-order valence-electron chi connectivity index (χ4n) is 3.61. The van der Waals surface area contributed by atoms with Gasteiger partial charge in [-0.05, 0) is 49.6 Å². The fourth-order valence-corrected chi connectivity index (χ4v) is 3.84. The molecule has 0 bridgehead atoms. The lowest BCUT2D eigenvalue weighted by molar-refractivity contribution is -0.115. The third-order valence-corrected chi connectivity index (χ3v) is 5.66. The highest BCUT2D eigenvalue weighted by atomic mass is 32.1. The van der Waals surface area contributed by atoms with Crippen LogP contribution in [-0.4, -0.2) is 54.3 Å². The first kappa shape index (κ1) is 26.1. The molecule has 0 aliphatic rings. The Morgan fingerprint density at radius 2 is 1.83 bits per heavy atom. The molecule has 0 saturated heterocycles. The number of amides is 1. The number of nitrogens with two attached hydrogens (primary N) is 1. The predicted octanol–water partition coefficient (Wildman–Crippen LogP) is 4.49. The van der Waals surface area contributed by atoms with Crippen LogP contribution in [0.25, 0.3) is 10.9 Å². The summed E-state index contributed by atoms with van der Waals surface area (Å²) in [5.41, 5.74) is 6.41. The van der Waals surface area contributed by atoms with Crippen molar-refractivity contribution >= 4 is 39.8 Å². The molecule has 0 radical (unpaired) electrons. The number of halogens is 1. The van der Waals surface area contributed by atoms with Crippen molar-refractivity contribution < 1.29 is 23.4 Å². The summed E-state index contributed by atoms with van der Waals surface area (Å²) in [4.78, 5) is 19.5. The van der Waals surface area contributed by atoms with Crippen LogP contribution in [0.3, 0.4) is 0 Å². The van der Waals surface area contributed by atoms with E-state index >= 15 is 0 Å². The van der Waals surface area contributed by atoms with Crippen LogP contribution in [-0.2, 0) is 4.79 Å². The number of rotatable bonds is 10. The van der Waals surface area contributed by atoms with Gasteiger partial charge in [-0.25, -0.2) is 4.39 Å². The molecule has 1 amide bonds. The summed E-state index contributed by atoms with van der Waals surface area (Å²) in [7, 11) is 1.55. The number of fused-ring (bicyclic) bond motifs is 1. The number of likely N-dealkylation sites (N-methyl/N-ethyl adjacent to an activating group) is 1. The molecule has 1 aromatic heterocycles.